The van der Waals surface area contributed by atoms with Crippen molar-refractivity contribution in [3.63, 3.8) is 0 Å². The topological polar surface area (TPSA) is 52.9 Å². The maximum Gasteiger partial charge on any atom is 0.252 e. The molecule has 4 heteroatoms. The fourth-order valence-electron chi connectivity index (χ4n) is 1.84. The van der Waals surface area contributed by atoms with Crippen molar-refractivity contribution in [1.29, 1.82) is 5.26 Å². The normalized spacial score (nSPS) is 9.85. The summed E-state index contributed by atoms with van der Waals surface area (Å²) >= 11 is 3.38. The average Bonchev–Trinajstić information content (AvgIpc) is 2.47. The molecule has 0 unspecified atom stereocenters. The summed E-state index contributed by atoms with van der Waals surface area (Å²) < 4.78 is 0.770. The van der Waals surface area contributed by atoms with Crippen molar-refractivity contribution in [1.82, 2.24) is 5.32 Å². The highest BCUT2D eigenvalue weighted by molar-refractivity contribution is 9.10. The number of carbonyl (C=O) groups excluding carboxylic acids is 1. The van der Waals surface area contributed by atoms with Gasteiger partial charge in [-0.25, -0.2) is 0 Å². The summed E-state index contributed by atoms with van der Waals surface area (Å²) in [5.74, 6) is -0.136. The van der Waals surface area contributed by atoms with E-state index in [4.69, 9.17) is 5.26 Å². The van der Waals surface area contributed by atoms with Crippen LogP contribution >= 0.6 is 15.9 Å². The molecule has 2 aromatic rings. The molecule has 2 aromatic carbocycles. The van der Waals surface area contributed by atoms with Crippen LogP contribution in [0.5, 0.6) is 0 Å². The fraction of sp³-hybridized carbons (Fsp3) is 0.125. The van der Waals surface area contributed by atoms with Gasteiger partial charge in [0.25, 0.3) is 5.91 Å². The highest BCUT2D eigenvalue weighted by Gasteiger charge is 2.09. The van der Waals surface area contributed by atoms with Crippen LogP contribution in [0.15, 0.2) is 46.9 Å². The molecule has 0 aliphatic carbocycles. The number of rotatable bonds is 3. The molecule has 0 saturated carbocycles. The largest absolute Gasteiger partial charge is 0.348 e. The van der Waals surface area contributed by atoms with Crippen LogP contribution in [-0.2, 0) is 6.54 Å². The molecule has 20 heavy (non-hydrogen) atoms. The van der Waals surface area contributed by atoms with Gasteiger partial charge in [-0.15, -0.1) is 0 Å². The van der Waals surface area contributed by atoms with Crippen molar-refractivity contribution in [2.75, 3.05) is 0 Å². The number of halogens is 1. The van der Waals surface area contributed by atoms with E-state index < -0.39 is 0 Å². The Bertz CT molecular complexity index is 689. The van der Waals surface area contributed by atoms with Crippen molar-refractivity contribution in [3.05, 3.63) is 69.2 Å². The number of benzene rings is 2. The third-order valence-corrected chi connectivity index (χ3v) is 3.57. The van der Waals surface area contributed by atoms with Gasteiger partial charge in [-0.3, -0.25) is 4.79 Å². The first kappa shape index (κ1) is 14.3. The number of nitriles is 1. The lowest BCUT2D eigenvalue weighted by molar-refractivity contribution is 0.0950. The number of hydrogen-bond acceptors (Lipinski definition) is 2. The zero-order valence-electron chi connectivity index (χ0n) is 11.0. The third-order valence-electron chi connectivity index (χ3n) is 2.88. The minimum atomic E-state index is -0.136. The van der Waals surface area contributed by atoms with E-state index in [0.29, 0.717) is 17.7 Å². The van der Waals surface area contributed by atoms with Gasteiger partial charge in [-0.2, -0.15) is 5.26 Å². The molecule has 2 rings (SSSR count). The highest BCUT2D eigenvalue weighted by Crippen LogP contribution is 2.18. The Hall–Kier alpha value is -2.12. The lowest BCUT2D eigenvalue weighted by Crippen LogP contribution is -2.23. The van der Waals surface area contributed by atoms with Gasteiger partial charge < -0.3 is 5.32 Å². The Morgan fingerprint density at radius 3 is 2.85 bits per heavy atom. The summed E-state index contributed by atoms with van der Waals surface area (Å²) in [6.07, 6.45) is 0. The first-order valence-corrected chi connectivity index (χ1v) is 6.93. The molecule has 0 atom stereocenters. The quantitative estimate of drug-likeness (QED) is 0.936. The molecule has 3 nitrogen and oxygen atoms in total. The monoisotopic (exact) mass is 328 g/mol. The minimum Gasteiger partial charge on any atom is -0.348 e. The Morgan fingerprint density at radius 2 is 2.10 bits per heavy atom. The predicted molar refractivity (Wildman–Crippen MR) is 81.2 cm³/mol. The summed E-state index contributed by atoms with van der Waals surface area (Å²) in [6.45, 7) is 2.34. The molecule has 1 N–H and O–H groups in total. The van der Waals surface area contributed by atoms with Crippen molar-refractivity contribution in [2.24, 2.45) is 0 Å². The number of aryl methyl sites for hydroxylation is 1. The van der Waals surface area contributed by atoms with Crippen LogP contribution in [0.2, 0.25) is 0 Å². The molecule has 0 aliphatic heterocycles. The number of amides is 1. The summed E-state index contributed by atoms with van der Waals surface area (Å²) in [7, 11) is 0. The Labute approximate surface area is 126 Å². The van der Waals surface area contributed by atoms with Gasteiger partial charge >= 0.3 is 0 Å². The SMILES string of the molecule is Cc1ccc(Br)c(C(=O)NCc2cccc(C#N)c2)c1. The average molecular weight is 329 g/mol. The lowest BCUT2D eigenvalue weighted by Gasteiger charge is -2.08. The molecule has 100 valence electrons. The van der Waals surface area contributed by atoms with E-state index in [1.807, 2.05) is 37.3 Å². The van der Waals surface area contributed by atoms with Crippen LogP contribution < -0.4 is 5.32 Å². The van der Waals surface area contributed by atoms with Crippen LogP contribution in [0, 0.1) is 18.3 Å². The fourth-order valence-corrected chi connectivity index (χ4v) is 2.27. The van der Waals surface area contributed by atoms with Gasteiger partial charge in [0.1, 0.15) is 0 Å². The first-order chi connectivity index (χ1) is 9.60. The van der Waals surface area contributed by atoms with Crippen molar-refractivity contribution >= 4 is 21.8 Å². The zero-order chi connectivity index (χ0) is 14.5. The van der Waals surface area contributed by atoms with Crippen molar-refractivity contribution < 1.29 is 4.79 Å². The van der Waals surface area contributed by atoms with E-state index in [1.54, 1.807) is 12.1 Å². The molecule has 0 heterocycles. The Kier molecular flexibility index (Phi) is 4.54. The molecular weight excluding hydrogens is 316 g/mol. The Morgan fingerprint density at radius 1 is 1.30 bits per heavy atom. The second kappa shape index (κ2) is 6.36. The lowest BCUT2D eigenvalue weighted by atomic mass is 10.1. The molecule has 0 spiro atoms. The maximum absolute atomic E-state index is 12.1. The van der Waals surface area contributed by atoms with Gasteiger partial charge in [0, 0.05) is 11.0 Å². The molecule has 0 saturated heterocycles. The third kappa shape index (κ3) is 3.46. The molecule has 0 fully saturated rings. The summed E-state index contributed by atoms with van der Waals surface area (Å²) in [4.78, 5) is 12.1. The minimum absolute atomic E-state index is 0.136. The Balaban J connectivity index is 2.09. The first-order valence-electron chi connectivity index (χ1n) is 6.13. The van der Waals surface area contributed by atoms with Gasteiger partial charge in [-0.05, 0) is 52.7 Å². The van der Waals surface area contributed by atoms with E-state index in [-0.39, 0.29) is 5.91 Å². The van der Waals surface area contributed by atoms with Crippen molar-refractivity contribution in [3.8, 4) is 6.07 Å². The van der Waals surface area contributed by atoms with Gasteiger partial charge in [0.05, 0.1) is 17.2 Å². The molecule has 0 bridgehead atoms. The van der Waals surface area contributed by atoms with E-state index in [2.05, 4.69) is 27.3 Å². The maximum atomic E-state index is 12.1. The highest BCUT2D eigenvalue weighted by atomic mass is 79.9. The van der Waals surface area contributed by atoms with Crippen LogP contribution in [0.1, 0.15) is 27.0 Å². The van der Waals surface area contributed by atoms with Crippen LogP contribution in [0.3, 0.4) is 0 Å². The number of nitrogens with zero attached hydrogens (tertiary/aromatic N) is 1. The second-order valence-corrected chi connectivity index (χ2v) is 5.33. The summed E-state index contributed by atoms with van der Waals surface area (Å²) in [5, 5.41) is 11.7. The number of carbonyl (C=O) groups is 1. The van der Waals surface area contributed by atoms with E-state index in [9.17, 15) is 4.79 Å². The van der Waals surface area contributed by atoms with Crippen molar-refractivity contribution in [2.45, 2.75) is 13.5 Å². The molecule has 0 aliphatic rings. The van der Waals surface area contributed by atoms with Crippen LogP contribution in [0.25, 0.3) is 0 Å². The molecule has 0 radical (unpaired) electrons. The van der Waals surface area contributed by atoms with Gasteiger partial charge in [0.15, 0.2) is 0 Å². The van der Waals surface area contributed by atoms with Gasteiger partial charge in [-0.1, -0.05) is 23.8 Å². The van der Waals surface area contributed by atoms with Gasteiger partial charge in [0.2, 0.25) is 0 Å². The number of hydrogen-bond donors (Lipinski definition) is 1. The predicted octanol–water partition coefficient (Wildman–Crippen LogP) is 3.56. The van der Waals surface area contributed by atoms with E-state index in [0.717, 1.165) is 15.6 Å². The van der Waals surface area contributed by atoms with Crippen LogP contribution in [0.4, 0.5) is 0 Å². The van der Waals surface area contributed by atoms with E-state index in [1.165, 1.54) is 0 Å². The number of nitrogens with one attached hydrogen (secondary N) is 1. The summed E-state index contributed by atoms with van der Waals surface area (Å²) in [5.41, 5.74) is 3.14. The smallest absolute Gasteiger partial charge is 0.252 e. The second-order valence-electron chi connectivity index (χ2n) is 4.48. The molecule has 0 aromatic heterocycles. The van der Waals surface area contributed by atoms with E-state index >= 15 is 0 Å². The standard InChI is InChI=1S/C16H13BrN2O/c1-11-5-6-15(17)14(7-11)16(20)19-10-13-4-2-3-12(8-13)9-18/h2-8H,10H2,1H3,(H,19,20). The van der Waals surface area contributed by atoms with Crippen LogP contribution in [-0.4, -0.2) is 5.91 Å². The molecular formula is C16H13BrN2O. The molecule has 1 amide bonds. The summed E-state index contributed by atoms with van der Waals surface area (Å²) in [6, 6.07) is 14.9. The zero-order valence-corrected chi connectivity index (χ0v) is 12.6.